The number of aromatic hydroxyl groups is 1. The van der Waals surface area contributed by atoms with Crippen molar-refractivity contribution >= 4 is 76.9 Å². The van der Waals surface area contributed by atoms with E-state index in [1.165, 1.54) is 62.2 Å². The first-order valence-electron chi connectivity index (χ1n) is 20.7. The van der Waals surface area contributed by atoms with Gasteiger partial charge in [-0.3, -0.25) is 38.4 Å². The van der Waals surface area contributed by atoms with Crippen molar-refractivity contribution in [3.8, 4) is 5.75 Å². The summed E-state index contributed by atoms with van der Waals surface area (Å²) in [6.07, 6.45) is 4.42. The van der Waals surface area contributed by atoms with Gasteiger partial charge in [-0.1, -0.05) is 51.3 Å². The van der Waals surface area contributed by atoms with E-state index >= 15 is 0 Å². The first-order chi connectivity index (χ1) is 31.5. The highest BCUT2D eigenvalue weighted by atomic mass is 32.2. The molecular weight excluding hydrogens is 877 g/mol. The molecule has 0 radical (unpaired) electrons. The molecule has 21 heteroatoms. The maximum absolute atomic E-state index is 13.7. The molecule has 0 saturated carbocycles. The molecule has 3 aliphatic rings. The maximum Gasteiger partial charge on any atom is 0.416 e. The summed E-state index contributed by atoms with van der Waals surface area (Å²) in [6.45, 7) is 11.1. The Bertz CT molecular complexity index is 2310. The fourth-order valence-corrected chi connectivity index (χ4v) is 7.93. The van der Waals surface area contributed by atoms with E-state index in [4.69, 9.17) is 4.74 Å². The van der Waals surface area contributed by atoms with E-state index in [1.807, 2.05) is 0 Å². The van der Waals surface area contributed by atoms with Gasteiger partial charge in [0, 0.05) is 24.1 Å². The van der Waals surface area contributed by atoms with Crippen LogP contribution < -0.4 is 20.9 Å². The molecule has 3 aliphatic heterocycles. The van der Waals surface area contributed by atoms with Crippen LogP contribution in [-0.2, 0) is 44.9 Å². The highest BCUT2D eigenvalue weighted by Crippen LogP contribution is 2.42. The number of rotatable bonds is 17. The number of carbonyl (C=O) groups excluding carboxylic acids is 9. The Labute approximate surface area is 384 Å². The number of anilines is 2. The summed E-state index contributed by atoms with van der Waals surface area (Å²) in [7, 11) is 0. The number of phenolic OH excluding ortho intramolecular Hbond substituents is 1. The van der Waals surface area contributed by atoms with Crippen molar-refractivity contribution in [1.82, 2.24) is 30.2 Å². The molecule has 0 bridgehead atoms. The monoisotopic (exact) mass is 928 g/mol. The zero-order valence-electron chi connectivity index (χ0n) is 36.6. The normalized spacial score (nSPS) is 17.3. The number of nitrogens with zero attached hydrogens (tertiary/aromatic N) is 5. The van der Waals surface area contributed by atoms with Crippen LogP contribution in [0, 0.1) is 12.8 Å². The minimum Gasteiger partial charge on any atom is -0.505 e. The number of fused-ring (bicyclic) bond motifs is 2. The van der Waals surface area contributed by atoms with Crippen LogP contribution in [0.4, 0.5) is 16.2 Å². The second kappa shape index (κ2) is 22.6. The number of hydrogen-bond donors (Lipinski definition) is 5. The number of hydrogen-bond acceptors (Lipinski definition) is 13. The van der Waals surface area contributed by atoms with Crippen LogP contribution in [0.25, 0.3) is 0 Å². The predicted octanol–water partition coefficient (Wildman–Crippen LogP) is 2.09. The zero-order chi connectivity index (χ0) is 48.2. The summed E-state index contributed by atoms with van der Waals surface area (Å²) in [5, 5.41) is 30.4. The molecular formula is C45H52N8O12S. The Hall–Kier alpha value is -7.26. The summed E-state index contributed by atoms with van der Waals surface area (Å²) in [5.41, 5.74) is 1.49. The molecule has 66 heavy (non-hydrogen) atoms. The predicted molar refractivity (Wildman–Crippen MR) is 242 cm³/mol. The molecule has 0 aromatic heterocycles. The number of allylic oxidation sites excluding steroid dienone is 2. The molecule has 1 fully saturated rings. The van der Waals surface area contributed by atoms with Crippen molar-refractivity contribution in [3.05, 3.63) is 102 Å². The second-order valence-corrected chi connectivity index (χ2v) is 16.8. The van der Waals surface area contributed by atoms with Crippen LogP contribution in [0.3, 0.4) is 0 Å². The quantitative estimate of drug-likeness (QED) is 0.0867. The van der Waals surface area contributed by atoms with Crippen LogP contribution in [-0.4, -0.2) is 140 Å². The average Bonchev–Trinajstić information content (AvgIpc) is 3.72. The standard InChI is InChI=1S/C45H52N8O12S/c1-6-36(57)49-24-50(37(58)7-2)26-51(25-49)38(59)16-18-66-23-35(56)48-39(27(3)4)42(61)46-20-34(55)47-31-13-11-29(12-14-31)22-65-45(64)53-40-32(15-10-28(5)41(40)60)43(62)52-21-30(9-8-17-54)19-33(52)44(53)63/h6-15,17,21,27,33,39,44,60,63H,1-2,16,18-20,22-26H2,3-5H3,(H,46,61)(H,47,55)(H,48,56)/b9-8+/t33-,39?,44-/m0/s1. The van der Waals surface area contributed by atoms with Gasteiger partial charge in [-0.15, -0.1) is 0 Å². The summed E-state index contributed by atoms with van der Waals surface area (Å²) in [4.78, 5) is 120. The third-order valence-corrected chi connectivity index (χ3v) is 11.7. The third-order valence-electron chi connectivity index (χ3n) is 10.7. The Morgan fingerprint density at radius 2 is 1.59 bits per heavy atom. The van der Waals surface area contributed by atoms with Gasteiger partial charge in [0.25, 0.3) is 5.91 Å². The molecule has 2 aromatic rings. The second-order valence-electron chi connectivity index (χ2n) is 15.7. The fourth-order valence-electron chi connectivity index (χ4n) is 7.20. The van der Waals surface area contributed by atoms with Crippen molar-refractivity contribution in [2.45, 2.75) is 58.5 Å². The third kappa shape index (κ3) is 12.1. The van der Waals surface area contributed by atoms with Gasteiger partial charge in [0.15, 0.2) is 6.23 Å². The number of ether oxygens (including phenoxy) is 1. The van der Waals surface area contributed by atoms with E-state index in [0.29, 0.717) is 28.7 Å². The molecule has 1 saturated heterocycles. The molecule has 3 heterocycles. The number of phenols is 1. The van der Waals surface area contributed by atoms with Gasteiger partial charge in [0.2, 0.25) is 35.4 Å². The zero-order valence-corrected chi connectivity index (χ0v) is 37.5. The maximum atomic E-state index is 13.7. The lowest BCUT2D eigenvalue weighted by atomic mass is 10.0. The Morgan fingerprint density at radius 3 is 2.21 bits per heavy atom. The molecule has 3 atom stereocenters. The number of aliphatic hydroxyl groups is 1. The van der Waals surface area contributed by atoms with E-state index in [1.54, 1.807) is 32.9 Å². The molecule has 1 unspecified atom stereocenters. The van der Waals surface area contributed by atoms with Gasteiger partial charge in [-0.2, -0.15) is 11.8 Å². The lowest BCUT2D eigenvalue weighted by Gasteiger charge is -2.41. The summed E-state index contributed by atoms with van der Waals surface area (Å²) >= 11 is 1.16. The Morgan fingerprint density at radius 1 is 0.939 bits per heavy atom. The van der Waals surface area contributed by atoms with E-state index in [0.717, 1.165) is 28.8 Å². The van der Waals surface area contributed by atoms with Gasteiger partial charge in [-0.05, 0) is 72.4 Å². The topological polar surface area (TPSA) is 256 Å². The number of aryl methyl sites for hydroxylation is 1. The number of carbonyl (C=O) groups is 9. The summed E-state index contributed by atoms with van der Waals surface area (Å²) < 4.78 is 5.56. The van der Waals surface area contributed by atoms with Gasteiger partial charge < -0.3 is 50.5 Å². The van der Waals surface area contributed by atoms with Crippen LogP contribution in [0.15, 0.2) is 85.6 Å². The van der Waals surface area contributed by atoms with Crippen molar-refractivity contribution in [3.63, 3.8) is 0 Å². The van der Waals surface area contributed by atoms with Gasteiger partial charge in [0.05, 0.1) is 43.9 Å². The van der Waals surface area contributed by atoms with E-state index in [9.17, 15) is 53.4 Å². The lowest BCUT2D eigenvalue weighted by molar-refractivity contribution is -0.154. The van der Waals surface area contributed by atoms with Crippen LogP contribution >= 0.6 is 11.8 Å². The average molecular weight is 929 g/mol. The van der Waals surface area contributed by atoms with Crippen molar-refractivity contribution in [1.29, 1.82) is 0 Å². The molecule has 5 rings (SSSR count). The first-order valence-corrected chi connectivity index (χ1v) is 21.9. The Balaban J connectivity index is 1.08. The van der Waals surface area contributed by atoms with Crippen molar-refractivity contribution < 1.29 is 58.1 Å². The fraction of sp³-hybridized carbons (Fsp3) is 0.356. The molecule has 0 aliphatic carbocycles. The van der Waals surface area contributed by atoms with Crippen molar-refractivity contribution in [2.75, 3.05) is 48.3 Å². The number of benzene rings is 2. The minimum atomic E-state index is -1.64. The summed E-state index contributed by atoms with van der Waals surface area (Å²) in [5.74, 6) is -3.99. The molecule has 5 N–H and O–H groups in total. The SMILES string of the molecule is C=CC(=O)N1CN(C(=O)C=C)CN(C(=O)CCSCC(=O)NC(C(=O)NCC(=O)Nc2ccc(COC(=O)N3c4c(ccc(C)c4O)C(=O)N4C=C(/C=C/C=O)C[C@H]4[C@@H]3O)cc2)C(C)C)C1. The first kappa shape index (κ1) is 49.8. The molecule has 2 aromatic carbocycles. The van der Waals surface area contributed by atoms with Crippen molar-refractivity contribution in [2.24, 2.45) is 5.92 Å². The molecule has 0 spiro atoms. The van der Waals surface area contributed by atoms with Crippen LogP contribution in [0.2, 0.25) is 0 Å². The van der Waals surface area contributed by atoms with E-state index < -0.39 is 66.4 Å². The van der Waals surface area contributed by atoms with E-state index in [2.05, 4.69) is 29.1 Å². The lowest BCUT2D eigenvalue weighted by Crippen LogP contribution is -2.59. The summed E-state index contributed by atoms with van der Waals surface area (Å²) in [6, 6.07) is 7.24. The molecule has 8 amide bonds. The van der Waals surface area contributed by atoms with Gasteiger partial charge in [0.1, 0.15) is 30.4 Å². The van der Waals surface area contributed by atoms with Crippen LogP contribution in [0.5, 0.6) is 5.75 Å². The molecule has 20 nitrogen and oxygen atoms in total. The number of nitrogens with one attached hydrogen (secondary N) is 3. The highest BCUT2D eigenvalue weighted by molar-refractivity contribution is 7.99. The van der Waals surface area contributed by atoms with Gasteiger partial charge >= 0.3 is 6.09 Å². The molecule has 350 valence electrons. The number of aliphatic hydroxyl groups excluding tert-OH is 1. The number of thioether (sulfide) groups is 1. The largest absolute Gasteiger partial charge is 0.505 e. The Kier molecular flexibility index (Phi) is 17.0. The van der Waals surface area contributed by atoms with E-state index in [-0.39, 0.29) is 79.8 Å². The number of amides is 8. The minimum absolute atomic E-state index is 0.0155. The van der Waals surface area contributed by atoms with Crippen LogP contribution in [0.1, 0.15) is 48.2 Å². The highest BCUT2D eigenvalue weighted by Gasteiger charge is 2.46. The smallest absolute Gasteiger partial charge is 0.416 e. The number of aldehydes is 1. The van der Waals surface area contributed by atoms with Gasteiger partial charge in [-0.25, -0.2) is 9.69 Å².